The van der Waals surface area contributed by atoms with Gasteiger partial charge in [-0.3, -0.25) is 0 Å². The van der Waals surface area contributed by atoms with E-state index in [1.807, 2.05) is 25.1 Å². The van der Waals surface area contributed by atoms with Gasteiger partial charge in [0.1, 0.15) is 5.84 Å². The fourth-order valence-corrected chi connectivity index (χ4v) is 1.09. The van der Waals surface area contributed by atoms with Gasteiger partial charge >= 0.3 is 0 Å². The van der Waals surface area contributed by atoms with E-state index in [0.717, 1.165) is 16.9 Å². The molecule has 14 heavy (non-hydrogen) atoms. The molecule has 1 aromatic carbocycles. The number of benzene rings is 1. The van der Waals surface area contributed by atoms with Gasteiger partial charge in [0.25, 0.3) is 0 Å². The summed E-state index contributed by atoms with van der Waals surface area (Å²) in [6.07, 6.45) is 1.72. The molecule has 0 aliphatic heterocycles. The van der Waals surface area contributed by atoms with Crippen molar-refractivity contribution in [1.29, 1.82) is 5.26 Å². The fourth-order valence-electron chi connectivity index (χ4n) is 1.09. The summed E-state index contributed by atoms with van der Waals surface area (Å²) in [5, 5.41) is 11.3. The normalized spacial score (nSPS) is 10.8. The number of amidine groups is 1. The topological polar surface area (TPSA) is 74.2 Å². The third kappa shape index (κ3) is 2.23. The highest BCUT2D eigenvalue weighted by atomic mass is 15.0. The van der Waals surface area contributed by atoms with Gasteiger partial charge in [-0.15, -0.1) is 0 Å². The van der Waals surface area contributed by atoms with E-state index in [4.69, 9.17) is 11.0 Å². The van der Waals surface area contributed by atoms with E-state index in [1.165, 1.54) is 0 Å². The van der Waals surface area contributed by atoms with E-state index in [0.29, 0.717) is 5.84 Å². The van der Waals surface area contributed by atoms with Gasteiger partial charge < -0.3 is 11.1 Å². The van der Waals surface area contributed by atoms with Gasteiger partial charge in [-0.1, -0.05) is 6.07 Å². The van der Waals surface area contributed by atoms with E-state index in [1.54, 1.807) is 13.1 Å². The first-order valence-electron chi connectivity index (χ1n) is 4.20. The molecule has 0 saturated heterocycles. The SMILES string of the molecule is C/C(=N\C#N)Nc1cccc(N)c1C. The Bertz CT molecular complexity index is 401. The Kier molecular flexibility index (Phi) is 3.08. The minimum Gasteiger partial charge on any atom is -0.398 e. The van der Waals surface area contributed by atoms with Crippen LogP contribution in [0.5, 0.6) is 0 Å². The summed E-state index contributed by atoms with van der Waals surface area (Å²) in [6, 6.07) is 5.57. The lowest BCUT2D eigenvalue weighted by Gasteiger charge is -2.09. The van der Waals surface area contributed by atoms with E-state index < -0.39 is 0 Å². The molecule has 0 aliphatic carbocycles. The van der Waals surface area contributed by atoms with Gasteiger partial charge in [0.15, 0.2) is 0 Å². The number of nitrogen functional groups attached to an aromatic ring is 1. The van der Waals surface area contributed by atoms with Crippen LogP contribution in [0.25, 0.3) is 0 Å². The summed E-state index contributed by atoms with van der Waals surface area (Å²) < 4.78 is 0. The number of nitrogens with two attached hydrogens (primary N) is 1. The number of aliphatic imine (C=N–C) groups is 1. The van der Waals surface area contributed by atoms with Crippen LogP contribution in [0.2, 0.25) is 0 Å². The predicted molar refractivity (Wildman–Crippen MR) is 57.9 cm³/mol. The molecule has 0 unspecified atom stereocenters. The molecule has 0 aliphatic rings. The molecule has 0 aromatic heterocycles. The van der Waals surface area contributed by atoms with E-state index in [2.05, 4.69) is 10.3 Å². The van der Waals surface area contributed by atoms with Crippen LogP contribution in [-0.2, 0) is 0 Å². The van der Waals surface area contributed by atoms with Gasteiger partial charge in [0.2, 0.25) is 6.19 Å². The van der Waals surface area contributed by atoms with Gasteiger partial charge in [-0.2, -0.15) is 10.3 Å². The van der Waals surface area contributed by atoms with Crippen molar-refractivity contribution < 1.29 is 0 Å². The summed E-state index contributed by atoms with van der Waals surface area (Å²) in [4.78, 5) is 3.56. The van der Waals surface area contributed by atoms with Crippen molar-refractivity contribution in [3.63, 3.8) is 0 Å². The van der Waals surface area contributed by atoms with Crippen molar-refractivity contribution in [1.82, 2.24) is 0 Å². The lowest BCUT2D eigenvalue weighted by atomic mass is 10.1. The van der Waals surface area contributed by atoms with Gasteiger partial charge in [-0.25, -0.2) is 0 Å². The van der Waals surface area contributed by atoms with Gasteiger partial charge in [0, 0.05) is 11.4 Å². The first kappa shape index (κ1) is 10.1. The summed E-state index contributed by atoms with van der Waals surface area (Å²) in [7, 11) is 0. The summed E-state index contributed by atoms with van der Waals surface area (Å²) in [5.74, 6) is 0.557. The smallest absolute Gasteiger partial charge is 0.207 e. The van der Waals surface area contributed by atoms with Crippen molar-refractivity contribution in [3.05, 3.63) is 23.8 Å². The van der Waals surface area contributed by atoms with Crippen molar-refractivity contribution in [2.24, 2.45) is 4.99 Å². The number of rotatable bonds is 1. The lowest BCUT2D eigenvalue weighted by molar-refractivity contribution is 1.40. The summed E-state index contributed by atoms with van der Waals surface area (Å²) in [5.41, 5.74) is 8.28. The molecule has 0 amide bonds. The Labute approximate surface area is 83.1 Å². The average Bonchev–Trinajstić information content (AvgIpc) is 2.13. The third-order valence-electron chi connectivity index (χ3n) is 1.91. The minimum absolute atomic E-state index is 0.557. The van der Waals surface area contributed by atoms with E-state index >= 15 is 0 Å². The van der Waals surface area contributed by atoms with Crippen LogP contribution in [0.3, 0.4) is 0 Å². The van der Waals surface area contributed by atoms with Crippen molar-refractivity contribution in [3.8, 4) is 6.19 Å². The van der Waals surface area contributed by atoms with Crippen LogP contribution in [0.4, 0.5) is 11.4 Å². The van der Waals surface area contributed by atoms with Crippen LogP contribution < -0.4 is 11.1 Å². The molecule has 4 nitrogen and oxygen atoms in total. The first-order chi connectivity index (χ1) is 6.65. The molecular formula is C10H12N4. The predicted octanol–water partition coefficient (Wildman–Crippen LogP) is 1.89. The van der Waals surface area contributed by atoms with Crippen LogP contribution in [0, 0.1) is 18.4 Å². The van der Waals surface area contributed by atoms with Crippen molar-refractivity contribution in [2.45, 2.75) is 13.8 Å². The highest BCUT2D eigenvalue weighted by Gasteiger charge is 2.00. The van der Waals surface area contributed by atoms with Crippen molar-refractivity contribution in [2.75, 3.05) is 11.1 Å². The highest BCUT2D eigenvalue weighted by Crippen LogP contribution is 2.20. The molecule has 3 N–H and O–H groups in total. The Morgan fingerprint density at radius 1 is 1.57 bits per heavy atom. The summed E-state index contributed by atoms with van der Waals surface area (Å²) in [6.45, 7) is 3.64. The molecule has 4 heteroatoms. The molecule has 0 spiro atoms. The molecule has 0 fully saturated rings. The molecule has 0 heterocycles. The number of hydrogen-bond donors (Lipinski definition) is 2. The van der Waals surface area contributed by atoms with Crippen LogP contribution in [0.1, 0.15) is 12.5 Å². The molecule has 0 bridgehead atoms. The lowest BCUT2D eigenvalue weighted by Crippen LogP contribution is -2.08. The second-order valence-electron chi connectivity index (χ2n) is 2.94. The number of hydrogen-bond acceptors (Lipinski definition) is 3. The maximum Gasteiger partial charge on any atom is 0.207 e. The molecule has 0 radical (unpaired) electrons. The number of nitrogens with one attached hydrogen (secondary N) is 1. The van der Waals surface area contributed by atoms with Crippen LogP contribution in [0.15, 0.2) is 23.2 Å². The monoisotopic (exact) mass is 188 g/mol. The molecular weight excluding hydrogens is 176 g/mol. The maximum atomic E-state index is 8.34. The van der Waals surface area contributed by atoms with Gasteiger partial charge in [-0.05, 0) is 31.5 Å². The zero-order valence-electron chi connectivity index (χ0n) is 8.20. The standard InChI is InChI=1S/C10H12N4/c1-7-9(12)4-3-5-10(7)14-8(2)13-6-11/h3-5H,12H2,1-2H3,(H,13,14). The zero-order chi connectivity index (χ0) is 10.6. The minimum atomic E-state index is 0.557. The largest absolute Gasteiger partial charge is 0.398 e. The quantitative estimate of drug-likeness (QED) is 0.306. The second kappa shape index (κ2) is 4.28. The Morgan fingerprint density at radius 3 is 2.93 bits per heavy atom. The summed E-state index contributed by atoms with van der Waals surface area (Å²) >= 11 is 0. The third-order valence-corrected chi connectivity index (χ3v) is 1.91. The Morgan fingerprint density at radius 2 is 2.29 bits per heavy atom. The maximum absolute atomic E-state index is 8.34. The second-order valence-corrected chi connectivity index (χ2v) is 2.94. The Hall–Kier alpha value is -2.02. The first-order valence-corrected chi connectivity index (χ1v) is 4.20. The molecule has 72 valence electrons. The van der Waals surface area contributed by atoms with E-state index in [-0.39, 0.29) is 0 Å². The zero-order valence-corrected chi connectivity index (χ0v) is 8.20. The highest BCUT2D eigenvalue weighted by molar-refractivity contribution is 5.95. The number of nitriles is 1. The van der Waals surface area contributed by atoms with Crippen LogP contribution >= 0.6 is 0 Å². The Balaban J connectivity index is 2.94. The fraction of sp³-hybridized carbons (Fsp3) is 0.200. The van der Waals surface area contributed by atoms with Gasteiger partial charge in [0.05, 0.1) is 0 Å². The average molecular weight is 188 g/mol. The van der Waals surface area contributed by atoms with E-state index in [9.17, 15) is 0 Å². The number of anilines is 2. The molecule has 0 saturated carbocycles. The van der Waals surface area contributed by atoms with Crippen molar-refractivity contribution >= 4 is 17.2 Å². The molecule has 0 atom stereocenters. The number of nitrogens with zero attached hydrogens (tertiary/aromatic N) is 2. The van der Waals surface area contributed by atoms with Crippen LogP contribution in [-0.4, -0.2) is 5.84 Å². The molecule has 1 rings (SSSR count). The molecule has 1 aromatic rings.